The number of halogens is 1. The molecule has 2 aromatic rings. The van der Waals surface area contributed by atoms with Gasteiger partial charge in [-0.1, -0.05) is 28.1 Å². The maximum absolute atomic E-state index is 3.61. The Morgan fingerprint density at radius 1 is 1.19 bits per heavy atom. The van der Waals surface area contributed by atoms with Gasteiger partial charge in [0.1, 0.15) is 0 Å². The van der Waals surface area contributed by atoms with Crippen LogP contribution in [-0.4, -0.2) is 0 Å². The maximum atomic E-state index is 3.61. The number of hydrogen-bond acceptors (Lipinski definition) is 1. The molecule has 0 radical (unpaired) electrons. The molecule has 0 atom stereocenters. The normalized spacial score (nSPS) is 13.8. The second-order valence-electron chi connectivity index (χ2n) is 4.07. The smallest absolute Gasteiger partial charge is 0.0308 e. The molecular weight excluding hydrogens is 280 g/mol. The molecule has 1 aliphatic carbocycles. The van der Waals surface area contributed by atoms with E-state index in [1.807, 2.05) is 11.3 Å². The van der Waals surface area contributed by atoms with Gasteiger partial charge in [0.15, 0.2) is 0 Å². The first-order valence-corrected chi connectivity index (χ1v) is 6.90. The highest BCUT2D eigenvalue weighted by atomic mass is 79.9. The van der Waals surface area contributed by atoms with Crippen LogP contribution in [0.2, 0.25) is 0 Å². The molecule has 0 nitrogen and oxygen atoms in total. The Kier molecular flexibility index (Phi) is 2.49. The first-order valence-electron chi connectivity index (χ1n) is 5.29. The number of rotatable bonds is 1. The Morgan fingerprint density at radius 2 is 2.06 bits per heavy atom. The van der Waals surface area contributed by atoms with Crippen molar-refractivity contribution in [3.63, 3.8) is 0 Å². The fourth-order valence-electron chi connectivity index (χ4n) is 2.09. The molecule has 1 heterocycles. The number of benzene rings is 1. The molecule has 16 heavy (non-hydrogen) atoms. The highest BCUT2D eigenvalue weighted by Gasteiger charge is 2.16. The topological polar surface area (TPSA) is 0 Å². The SMILES string of the molecule is Cc1ccc(C2=Cc3c(Br)cccc3C2)s1. The summed E-state index contributed by atoms with van der Waals surface area (Å²) < 4.78 is 1.20. The Labute approximate surface area is 108 Å². The van der Waals surface area contributed by atoms with E-state index in [9.17, 15) is 0 Å². The molecule has 1 aliphatic rings. The third-order valence-electron chi connectivity index (χ3n) is 2.90. The molecule has 0 aliphatic heterocycles. The van der Waals surface area contributed by atoms with Crippen LogP contribution in [0.25, 0.3) is 11.6 Å². The fraction of sp³-hybridized carbons (Fsp3) is 0.143. The molecule has 1 aromatic heterocycles. The lowest BCUT2D eigenvalue weighted by atomic mass is 10.1. The zero-order valence-electron chi connectivity index (χ0n) is 8.96. The van der Waals surface area contributed by atoms with Crippen molar-refractivity contribution < 1.29 is 0 Å². The quantitative estimate of drug-likeness (QED) is 0.700. The van der Waals surface area contributed by atoms with Crippen molar-refractivity contribution in [1.82, 2.24) is 0 Å². The number of hydrogen-bond donors (Lipinski definition) is 0. The lowest BCUT2D eigenvalue weighted by Gasteiger charge is -1.99. The second-order valence-corrected chi connectivity index (χ2v) is 6.21. The third kappa shape index (κ3) is 1.66. The van der Waals surface area contributed by atoms with Gasteiger partial charge >= 0.3 is 0 Å². The van der Waals surface area contributed by atoms with Crippen LogP contribution in [-0.2, 0) is 6.42 Å². The summed E-state index contributed by atoms with van der Waals surface area (Å²) in [5.74, 6) is 0. The van der Waals surface area contributed by atoms with Crippen LogP contribution in [0.1, 0.15) is 20.9 Å². The van der Waals surface area contributed by atoms with Gasteiger partial charge < -0.3 is 0 Å². The molecule has 3 rings (SSSR count). The monoisotopic (exact) mass is 290 g/mol. The molecular formula is C14H11BrS. The van der Waals surface area contributed by atoms with E-state index in [1.54, 1.807) is 0 Å². The Balaban J connectivity index is 2.05. The van der Waals surface area contributed by atoms with Crippen LogP contribution < -0.4 is 0 Å². The van der Waals surface area contributed by atoms with Crippen LogP contribution in [0, 0.1) is 6.92 Å². The van der Waals surface area contributed by atoms with Gasteiger partial charge in [0.25, 0.3) is 0 Å². The standard InChI is InChI=1S/C14H11BrS/c1-9-5-6-14(16-9)11-7-10-3-2-4-13(15)12(10)8-11/h2-6,8H,7H2,1H3. The van der Waals surface area contributed by atoms with Crippen molar-refractivity contribution in [3.05, 3.63) is 55.7 Å². The molecule has 0 saturated heterocycles. The fourth-order valence-corrected chi connectivity index (χ4v) is 3.50. The van der Waals surface area contributed by atoms with Gasteiger partial charge in [-0.3, -0.25) is 0 Å². The summed E-state index contributed by atoms with van der Waals surface area (Å²) in [6.07, 6.45) is 3.37. The van der Waals surface area contributed by atoms with Gasteiger partial charge in [-0.2, -0.15) is 0 Å². The second kappa shape index (κ2) is 3.86. The van der Waals surface area contributed by atoms with Crippen molar-refractivity contribution in [2.24, 2.45) is 0 Å². The number of fused-ring (bicyclic) bond motifs is 1. The van der Waals surface area contributed by atoms with E-state index in [-0.39, 0.29) is 0 Å². The highest BCUT2D eigenvalue weighted by molar-refractivity contribution is 9.10. The molecule has 0 unspecified atom stereocenters. The summed E-state index contributed by atoms with van der Waals surface area (Å²) in [6, 6.07) is 10.9. The highest BCUT2D eigenvalue weighted by Crippen LogP contribution is 2.37. The molecule has 0 saturated carbocycles. The van der Waals surface area contributed by atoms with E-state index in [2.05, 4.69) is 59.3 Å². The lowest BCUT2D eigenvalue weighted by molar-refractivity contribution is 1.32. The third-order valence-corrected chi connectivity index (χ3v) is 4.67. The van der Waals surface area contributed by atoms with Gasteiger partial charge in [-0.25, -0.2) is 0 Å². The van der Waals surface area contributed by atoms with Gasteiger partial charge in [0.2, 0.25) is 0 Å². The summed E-state index contributed by atoms with van der Waals surface area (Å²) >= 11 is 5.49. The van der Waals surface area contributed by atoms with Gasteiger partial charge in [-0.05, 0) is 54.3 Å². The zero-order chi connectivity index (χ0) is 11.1. The maximum Gasteiger partial charge on any atom is 0.0308 e. The predicted molar refractivity (Wildman–Crippen MR) is 74.8 cm³/mol. The van der Waals surface area contributed by atoms with Crippen LogP contribution >= 0.6 is 27.3 Å². The average molecular weight is 291 g/mol. The summed E-state index contributed by atoms with van der Waals surface area (Å²) in [4.78, 5) is 2.78. The van der Waals surface area contributed by atoms with Crippen molar-refractivity contribution in [1.29, 1.82) is 0 Å². The number of aryl methyl sites for hydroxylation is 1. The van der Waals surface area contributed by atoms with E-state index >= 15 is 0 Å². The Bertz CT molecular complexity index is 578. The first-order chi connectivity index (χ1) is 7.74. The minimum atomic E-state index is 1.06. The zero-order valence-corrected chi connectivity index (χ0v) is 11.4. The summed E-state index contributed by atoms with van der Waals surface area (Å²) in [7, 11) is 0. The van der Waals surface area contributed by atoms with E-state index in [0.29, 0.717) is 0 Å². The number of thiophene rings is 1. The Morgan fingerprint density at radius 3 is 2.75 bits per heavy atom. The largest absolute Gasteiger partial charge is 0.141 e. The summed E-state index contributed by atoms with van der Waals surface area (Å²) in [5.41, 5.74) is 4.22. The molecule has 0 N–H and O–H groups in total. The van der Waals surface area contributed by atoms with Gasteiger partial charge in [0.05, 0.1) is 0 Å². The molecule has 0 fully saturated rings. The lowest BCUT2D eigenvalue weighted by Crippen LogP contribution is -1.83. The van der Waals surface area contributed by atoms with E-state index in [4.69, 9.17) is 0 Å². The summed E-state index contributed by atoms with van der Waals surface area (Å²) in [5, 5.41) is 0. The van der Waals surface area contributed by atoms with E-state index in [0.717, 1.165) is 6.42 Å². The van der Waals surface area contributed by atoms with Crippen LogP contribution in [0.5, 0.6) is 0 Å². The number of allylic oxidation sites excluding steroid dienone is 1. The van der Waals surface area contributed by atoms with E-state index < -0.39 is 0 Å². The van der Waals surface area contributed by atoms with Crippen molar-refractivity contribution in [2.75, 3.05) is 0 Å². The average Bonchev–Trinajstić information content (AvgIpc) is 2.84. The van der Waals surface area contributed by atoms with Crippen LogP contribution in [0.3, 0.4) is 0 Å². The molecule has 1 aromatic carbocycles. The minimum absolute atomic E-state index is 1.06. The molecule has 2 heteroatoms. The molecule has 80 valence electrons. The minimum Gasteiger partial charge on any atom is -0.141 e. The van der Waals surface area contributed by atoms with Crippen molar-refractivity contribution in [3.8, 4) is 0 Å². The predicted octanol–water partition coefficient (Wildman–Crippen LogP) is 4.92. The van der Waals surface area contributed by atoms with Crippen LogP contribution in [0.15, 0.2) is 34.8 Å². The van der Waals surface area contributed by atoms with Crippen molar-refractivity contribution in [2.45, 2.75) is 13.3 Å². The van der Waals surface area contributed by atoms with Crippen LogP contribution in [0.4, 0.5) is 0 Å². The van der Waals surface area contributed by atoms with Gasteiger partial charge in [0, 0.05) is 14.2 Å². The van der Waals surface area contributed by atoms with Gasteiger partial charge in [-0.15, -0.1) is 11.3 Å². The molecule has 0 bridgehead atoms. The summed E-state index contributed by atoms with van der Waals surface area (Å²) in [6.45, 7) is 2.16. The molecule has 0 spiro atoms. The molecule has 0 amide bonds. The Hall–Kier alpha value is -0.860. The van der Waals surface area contributed by atoms with E-state index in [1.165, 1.54) is 30.9 Å². The first kappa shape index (κ1) is 10.3. The van der Waals surface area contributed by atoms with Crippen molar-refractivity contribution >= 4 is 38.9 Å².